The molecule has 0 saturated carbocycles. The van der Waals surface area contributed by atoms with Crippen molar-refractivity contribution < 1.29 is 9.59 Å². The van der Waals surface area contributed by atoms with Crippen LogP contribution in [0.5, 0.6) is 0 Å². The molecule has 242 valence electrons. The van der Waals surface area contributed by atoms with E-state index in [1.54, 1.807) is 24.5 Å². The lowest BCUT2D eigenvalue weighted by molar-refractivity contribution is 0.0637. The number of halogens is 2. The molecular weight excluding hydrogens is 645 g/mol. The number of hydrogen-bond donors (Lipinski definition) is 2. The molecule has 0 spiro atoms. The quantitative estimate of drug-likeness (QED) is 0.179. The Morgan fingerprint density at radius 2 is 1.65 bits per heavy atom. The van der Waals surface area contributed by atoms with Crippen molar-refractivity contribution in [2.24, 2.45) is 0 Å². The maximum atomic E-state index is 14.0. The van der Waals surface area contributed by atoms with E-state index in [4.69, 9.17) is 28.2 Å². The fraction of sp³-hybridized carbons (Fsp3) is 0.189. The van der Waals surface area contributed by atoms with Gasteiger partial charge in [0, 0.05) is 90.3 Å². The number of nitrogens with zero attached hydrogens (tertiary/aromatic N) is 5. The van der Waals surface area contributed by atoms with Gasteiger partial charge >= 0.3 is 0 Å². The highest BCUT2D eigenvalue weighted by atomic mass is 35.5. The summed E-state index contributed by atoms with van der Waals surface area (Å²) in [5, 5.41) is 5.25. The third-order valence-corrected chi connectivity index (χ3v) is 9.14. The first-order valence-corrected chi connectivity index (χ1v) is 16.6. The molecule has 11 heteroatoms. The third kappa shape index (κ3) is 6.71. The Balaban J connectivity index is 1.14. The van der Waals surface area contributed by atoms with Crippen LogP contribution in [0, 0.1) is 0 Å². The second-order valence-electron chi connectivity index (χ2n) is 11.8. The molecule has 0 aliphatic carbocycles. The molecule has 6 aromatic rings. The van der Waals surface area contributed by atoms with Crippen LogP contribution in [-0.2, 0) is 6.54 Å². The number of rotatable bonds is 9. The van der Waals surface area contributed by atoms with Crippen molar-refractivity contribution in [2.75, 3.05) is 39.3 Å². The van der Waals surface area contributed by atoms with Gasteiger partial charge in [-0.15, -0.1) is 0 Å². The molecule has 4 heterocycles. The summed E-state index contributed by atoms with van der Waals surface area (Å²) in [6, 6.07) is 26.9. The van der Waals surface area contributed by atoms with Crippen LogP contribution in [0.3, 0.4) is 0 Å². The minimum absolute atomic E-state index is 0.00679. The molecule has 2 N–H and O–H groups in total. The van der Waals surface area contributed by atoms with Crippen molar-refractivity contribution >= 4 is 45.9 Å². The second-order valence-corrected chi connectivity index (χ2v) is 12.6. The number of carbonyl (C=O) groups excluding carboxylic acids is 2. The predicted octanol–water partition coefficient (Wildman–Crippen LogP) is 6.64. The zero-order chi connectivity index (χ0) is 33.0. The molecule has 1 aliphatic rings. The van der Waals surface area contributed by atoms with Gasteiger partial charge in [-0.05, 0) is 42.0 Å². The molecule has 48 heavy (non-hydrogen) atoms. The maximum absolute atomic E-state index is 14.0. The number of hydrogen-bond acceptors (Lipinski definition) is 5. The molecule has 0 bridgehead atoms. The van der Waals surface area contributed by atoms with Crippen molar-refractivity contribution in [2.45, 2.75) is 6.54 Å². The summed E-state index contributed by atoms with van der Waals surface area (Å²) in [7, 11) is 0. The lowest BCUT2D eigenvalue weighted by Gasteiger charge is -2.34. The number of piperazine rings is 1. The minimum Gasteiger partial charge on any atom is -0.350 e. The average Bonchev–Trinajstić information content (AvgIpc) is 3.70. The minimum atomic E-state index is -0.221. The fourth-order valence-electron chi connectivity index (χ4n) is 6.21. The van der Waals surface area contributed by atoms with Crippen molar-refractivity contribution in [1.29, 1.82) is 0 Å². The standard InChI is InChI=1S/C37H33Cl2N7O2/c38-28-10-8-25(9-11-28)23-46-24-42-33(26-5-2-1-3-6-26)35(46)32-30-13-12-29(39)21-31(30)43-34(32)36(47)41-15-16-44-17-19-45(20-18-44)37(48)27-7-4-14-40-22-27/h1-14,21-22,24,43H,15-20,23H2,(H,41,47). The molecule has 3 aromatic heterocycles. The van der Waals surface area contributed by atoms with Gasteiger partial charge in [0.2, 0.25) is 0 Å². The zero-order valence-corrected chi connectivity index (χ0v) is 27.6. The van der Waals surface area contributed by atoms with E-state index in [1.165, 1.54) is 0 Å². The molecule has 9 nitrogen and oxygen atoms in total. The van der Waals surface area contributed by atoms with Gasteiger partial charge in [0.05, 0.1) is 23.3 Å². The predicted molar refractivity (Wildman–Crippen MR) is 189 cm³/mol. The van der Waals surface area contributed by atoms with E-state index in [-0.39, 0.29) is 11.8 Å². The highest BCUT2D eigenvalue weighted by Crippen LogP contribution is 2.39. The maximum Gasteiger partial charge on any atom is 0.268 e. The molecular formula is C37H33Cl2N7O2. The largest absolute Gasteiger partial charge is 0.350 e. The fourth-order valence-corrected chi connectivity index (χ4v) is 6.50. The number of aromatic amines is 1. The van der Waals surface area contributed by atoms with Gasteiger partial charge in [0.25, 0.3) is 11.8 Å². The Morgan fingerprint density at radius 1 is 0.875 bits per heavy atom. The van der Waals surface area contributed by atoms with Gasteiger partial charge in [0.15, 0.2) is 0 Å². The van der Waals surface area contributed by atoms with E-state index in [1.807, 2.05) is 84.0 Å². The molecule has 1 fully saturated rings. The van der Waals surface area contributed by atoms with Gasteiger partial charge < -0.3 is 19.8 Å². The van der Waals surface area contributed by atoms with Crippen LogP contribution in [0.15, 0.2) is 104 Å². The van der Waals surface area contributed by atoms with Gasteiger partial charge in [-0.25, -0.2) is 4.98 Å². The van der Waals surface area contributed by atoms with E-state index >= 15 is 0 Å². The number of amides is 2. The lowest BCUT2D eigenvalue weighted by atomic mass is 10.0. The number of H-pyrrole nitrogens is 1. The van der Waals surface area contributed by atoms with E-state index < -0.39 is 0 Å². The first-order valence-electron chi connectivity index (χ1n) is 15.8. The normalized spacial score (nSPS) is 13.6. The van der Waals surface area contributed by atoms with E-state index in [0.29, 0.717) is 54.0 Å². The second kappa shape index (κ2) is 14.0. The number of nitrogens with one attached hydrogen (secondary N) is 2. The van der Waals surface area contributed by atoms with Gasteiger partial charge in [-0.3, -0.25) is 19.5 Å². The smallest absolute Gasteiger partial charge is 0.268 e. The monoisotopic (exact) mass is 677 g/mol. The highest BCUT2D eigenvalue weighted by Gasteiger charge is 2.27. The molecule has 0 atom stereocenters. The Hall–Kier alpha value is -4.96. The van der Waals surface area contributed by atoms with Crippen molar-refractivity contribution in [3.8, 4) is 22.5 Å². The van der Waals surface area contributed by atoms with Gasteiger partial charge in [0.1, 0.15) is 5.69 Å². The lowest BCUT2D eigenvalue weighted by Crippen LogP contribution is -2.50. The Labute approximate surface area is 288 Å². The summed E-state index contributed by atoms with van der Waals surface area (Å²) in [6.07, 6.45) is 5.08. The van der Waals surface area contributed by atoms with Crippen molar-refractivity contribution in [3.63, 3.8) is 0 Å². The van der Waals surface area contributed by atoms with Crippen LogP contribution in [0.25, 0.3) is 33.4 Å². The van der Waals surface area contributed by atoms with Crippen molar-refractivity contribution in [3.05, 3.63) is 131 Å². The molecule has 7 rings (SSSR count). The first-order chi connectivity index (χ1) is 23.4. The Morgan fingerprint density at radius 3 is 2.40 bits per heavy atom. The summed E-state index contributed by atoms with van der Waals surface area (Å²) in [6.45, 7) is 4.32. The number of benzene rings is 3. The number of aromatic nitrogens is 4. The summed E-state index contributed by atoms with van der Waals surface area (Å²) >= 11 is 12.6. The SMILES string of the molecule is O=C(NCCN1CCN(C(=O)c2cccnc2)CC1)c1[nH]c2cc(Cl)ccc2c1-c1c(-c2ccccc2)ncn1Cc1ccc(Cl)cc1. The Bertz CT molecular complexity index is 2050. The van der Waals surface area contributed by atoms with Gasteiger partial charge in [-0.2, -0.15) is 0 Å². The first kappa shape index (κ1) is 31.6. The molecule has 0 unspecified atom stereocenters. The van der Waals surface area contributed by atoms with E-state index in [2.05, 4.69) is 24.8 Å². The highest BCUT2D eigenvalue weighted by molar-refractivity contribution is 6.31. The Kier molecular flexibility index (Phi) is 9.25. The number of carbonyl (C=O) groups is 2. The molecule has 3 aromatic carbocycles. The van der Waals surface area contributed by atoms with Crippen molar-refractivity contribution in [1.82, 2.24) is 34.6 Å². The van der Waals surface area contributed by atoms with Crippen LogP contribution < -0.4 is 5.32 Å². The summed E-state index contributed by atoms with van der Waals surface area (Å²) < 4.78 is 2.08. The van der Waals surface area contributed by atoms with Crippen LogP contribution in [0.4, 0.5) is 0 Å². The van der Waals surface area contributed by atoms with E-state index in [9.17, 15) is 9.59 Å². The van der Waals surface area contributed by atoms with Crippen LogP contribution >= 0.6 is 23.2 Å². The van der Waals surface area contributed by atoms with Gasteiger partial charge in [-0.1, -0.05) is 71.7 Å². The molecule has 0 radical (unpaired) electrons. The average molecular weight is 679 g/mol. The summed E-state index contributed by atoms with van der Waals surface area (Å²) in [5.74, 6) is -0.228. The van der Waals surface area contributed by atoms with Crippen LogP contribution in [0.1, 0.15) is 26.4 Å². The molecule has 2 amide bonds. The van der Waals surface area contributed by atoms with Crippen LogP contribution in [0.2, 0.25) is 10.0 Å². The summed E-state index contributed by atoms with van der Waals surface area (Å²) in [4.78, 5) is 43.3. The number of fused-ring (bicyclic) bond motifs is 1. The molecule has 1 aliphatic heterocycles. The zero-order valence-electron chi connectivity index (χ0n) is 26.1. The molecule has 1 saturated heterocycles. The number of pyridine rings is 1. The summed E-state index contributed by atoms with van der Waals surface area (Å²) in [5.41, 5.74) is 6.14. The van der Waals surface area contributed by atoms with Crippen LogP contribution in [-0.4, -0.2) is 80.4 Å². The van der Waals surface area contributed by atoms with E-state index in [0.717, 1.165) is 52.1 Å². The number of imidazole rings is 1. The topological polar surface area (TPSA) is 99.2 Å². The third-order valence-electron chi connectivity index (χ3n) is 8.66.